The lowest BCUT2D eigenvalue weighted by Gasteiger charge is -2.26. The van der Waals surface area contributed by atoms with Crippen LogP contribution in [0.15, 0.2) is 0 Å². The van der Waals surface area contributed by atoms with Crippen LogP contribution in [0.3, 0.4) is 0 Å². The van der Waals surface area contributed by atoms with Crippen molar-refractivity contribution in [1.29, 1.82) is 0 Å². The fourth-order valence-corrected chi connectivity index (χ4v) is 1.14. The third-order valence-corrected chi connectivity index (χ3v) is 1.95. The van der Waals surface area contributed by atoms with Gasteiger partial charge < -0.3 is 9.53 Å². The smallest absolute Gasteiger partial charge is 0.309 e. The first-order valence-corrected chi connectivity index (χ1v) is 4.53. The van der Waals surface area contributed by atoms with E-state index in [1.165, 1.54) is 0 Å². The van der Waals surface area contributed by atoms with Gasteiger partial charge in [0.2, 0.25) is 0 Å². The Hall–Kier alpha value is -0.860. The lowest BCUT2D eigenvalue weighted by molar-refractivity contribution is -0.152. The van der Waals surface area contributed by atoms with E-state index in [0.717, 1.165) is 6.29 Å². The molecule has 1 atom stereocenters. The molecule has 0 amide bonds. The summed E-state index contributed by atoms with van der Waals surface area (Å²) in [6.45, 7) is 7.91. The molecule has 0 aromatic carbocycles. The van der Waals surface area contributed by atoms with E-state index in [1.807, 2.05) is 20.8 Å². The molecule has 0 saturated heterocycles. The Morgan fingerprint density at radius 2 is 2.00 bits per heavy atom. The fraction of sp³-hybridized carbons (Fsp3) is 0.800. The van der Waals surface area contributed by atoms with Crippen LogP contribution in [-0.4, -0.2) is 18.9 Å². The molecule has 76 valence electrons. The number of hydrogen-bond acceptors (Lipinski definition) is 3. The highest BCUT2D eigenvalue weighted by Gasteiger charge is 2.31. The maximum absolute atomic E-state index is 11.4. The molecule has 0 aliphatic rings. The average molecular weight is 186 g/mol. The molecule has 1 unspecified atom stereocenters. The SMILES string of the molecule is CCOC(=O)C(CC=O)C(C)(C)C. The maximum Gasteiger partial charge on any atom is 0.309 e. The molecular formula is C10H18O3. The summed E-state index contributed by atoms with van der Waals surface area (Å²) in [5.74, 6) is -0.605. The van der Waals surface area contributed by atoms with Crippen molar-refractivity contribution < 1.29 is 14.3 Å². The van der Waals surface area contributed by atoms with Crippen LogP contribution in [-0.2, 0) is 14.3 Å². The normalized spacial score (nSPS) is 13.5. The van der Waals surface area contributed by atoms with Crippen LogP contribution in [0.5, 0.6) is 0 Å². The molecule has 3 nitrogen and oxygen atoms in total. The zero-order chi connectivity index (χ0) is 10.5. The third kappa shape index (κ3) is 4.06. The lowest BCUT2D eigenvalue weighted by Crippen LogP contribution is -2.30. The van der Waals surface area contributed by atoms with E-state index in [9.17, 15) is 9.59 Å². The molecule has 3 heteroatoms. The summed E-state index contributed by atoms with van der Waals surface area (Å²) in [4.78, 5) is 21.8. The van der Waals surface area contributed by atoms with Gasteiger partial charge in [0.05, 0.1) is 12.5 Å². The van der Waals surface area contributed by atoms with Gasteiger partial charge in [0.25, 0.3) is 0 Å². The van der Waals surface area contributed by atoms with Crippen LogP contribution >= 0.6 is 0 Å². The Morgan fingerprint density at radius 1 is 1.46 bits per heavy atom. The minimum atomic E-state index is -0.329. The van der Waals surface area contributed by atoms with Crippen molar-refractivity contribution >= 4 is 12.3 Å². The van der Waals surface area contributed by atoms with Gasteiger partial charge >= 0.3 is 5.97 Å². The predicted octanol–water partition coefficient (Wildman–Crippen LogP) is 1.80. The van der Waals surface area contributed by atoms with Crippen LogP contribution in [0.2, 0.25) is 0 Å². The van der Waals surface area contributed by atoms with Crippen molar-refractivity contribution in [3.8, 4) is 0 Å². The first-order chi connectivity index (χ1) is 5.93. The number of carbonyl (C=O) groups is 2. The highest BCUT2D eigenvalue weighted by atomic mass is 16.5. The van der Waals surface area contributed by atoms with Gasteiger partial charge in [0.1, 0.15) is 6.29 Å². The van der Waals surface area contributed by atoms with Gasteiger partial charge in [0, 0.05) is 6.42 Å². The molecule has 0 bridgehead atoms. The molecule has 0 N–H and O–H groups in total. The van der Waals surface area contributed by atoms with Crippen molar-refractivity contribution in [2.45, 2.75) is 34.1 Å². The number of rotatable bonds is 4. The molecule has 0 radical (unpaired) electrons. The van der Waals surface area contributed by atoms with Crippen LogP contribution in [0.1, 0.15) is 34.1 Å². The molecule has 0 spiro atoms. The monoisotopic (exact) mass is 186 g/mol. The molecule has 0 aliphatic heterocycles. The van der Waals surface area contributed by atoms with E-state index in [-0.39, 0.29) is 23.7 Å². The minimum absolute atomic E-state index is 0.215. The zero-order valence-corrected chi connectivity index (χ0v) is 8.79. The Kier molecular flexibility index (Phi) is 4.67. The van der Waals surface area contributed by atoms with Crippen molar-refractivity contribution in [2.75, 3.05) is 6.61 Å². The summed E-state index contributed by atoms with van der Waals surface area (Å²) in [5.41, 5.74) is -0.215. The van der Waals surface area contributed by atoms with Crippen molar-refractivity contribution in [2.24, 2.45) is 11.3 Å². The Balaban J connectivity index is 4.41. The second kappa shape index (κ2) is 5.00. The number of ether oxygens (including phenoxy) is 1. The lowest BCUT2D eigenvalue weighted by atomic mass is 9.79. The predicted molar refractivity (Wildman–Crippen MR) is 50.3 cm³/mol. The van der Waals surface area contributed by atoms with Crippen LogP contribution in [0.25, 0.3) is 0 Å². The molecule has 0 fully saturated rings. The van der Waals surface area contributed by atoms with E-state index < -0.39 is 0 Å². The number of aldehydes is 1. The zero-order valence-electron chi connectivity index (χ0n) is 8.79. The average Bonchev–Trinajstić information content (AvgIpc) is 1.98. The molecule has 0 aliphatic carbocycles. The van der Waals surface area contributed by atoms with Crippen LogP contribution < -0.4 is 0 Å². The molecule has 0 rings (SSSR count). The first kappa shape index (κ1) is 12.1. The van der Waals surface area contributed by atoms with Gasteiger partial charge in [-0.3, -0.25) is 4.79 Å². The molecule has 0 heterocycles. The summed E-state index contributed by atoms with van der Waals surface area (Å²) >= 11 is 0. The van der Waals surface area contributed by atoms with Gasteiger partial charge in [-0.25, -0.2) is 0 Å². The summed E-state index contributed by atoms with van der Waals surface area (Å²) in [6.07, 6.45) is 1.01. The third-order valence-electron chi connectivity index (χ3n) is 1.95. The summed E-state index contributed by atoms with van der Waals surface area (Å²) < 4.78 is 4.89. The Bertz CT molecular complexity index is 179. The topological polar surface area (TPSA) is 43.4 Å². The summed E-state index contributed by atoms with van der Waals surface area (Å²) in [7, 11) is 0. The van der Waals surface area contributed by atoms with Gasteiger partial charge in [-0.15, -0.1) is 0 Å². The second-order valence-corrected chi connectivity index (χ2v) is 4.07. The van der Waals surface area contributed by atoms with Crippen molar-refractivity contribution in [1.82, 2.24) is 0 Å². The van der Waals surface area contributed by atoms with E-state index in [1.54, 1.807) is 6.92 Å². The van der Waals surface area contributed by atoms with Crippen LogP contribution in [0.4, 0.5) is 0 Å². The molecule has 0 saturated carbocycles. The van der Waals surface area contributed by atoms with E-state index in [0.29, 0.717) is 6.61 Å². The number of carbonyl (C=O) groups excluding carboxylic acids is 2. The molecule has 0 aromatic rings. The molecular weight excluding hydrogens is 168 g/mol. The van der Waals surface area contributed by atoms with Gasteiger partial charge in [-0.1, -0.05) is 20.8 Å². The van der Waals surface area contributed by atoms with Crippen molar-refractivity contribution in [3.05, 3.63) is 0 Å². The Labute approximate surface area is 79.5 Å². The number of esters is 1. The molecule has 13 heavy (non-hydrogen) atoms. The highest BCUT2D eigenvalue weighted by Crippen LogP contribution is 2.28. The highest BCUT2D eigenvalue weighted by molar-refractivity contribution is 5.76. The summed E-state index contributed by atoms with van der Waals surface area (Å²) in [5, 5.41) is 0. The van der Waals surface area contributed by atoms with Crippen molar-refractivity contribution in [3.63, 3.8) is 0 Å². The van der Waals surface area contributed by atoms with E-state index in [4.69, 9.17) is 4.74 Å². The standard InChI is InChI=1S/C10H18O3/c1-5-13-9(12)8(6-7-11)10(2,3)4/h7-8H,5-6H2,1-4H3. The Morgan fingerprint density at radius 3 is 2.31 bits per heavy atom. The quantitative estimate of drug-likeness (QED) is 0.496. The number of hydrogen-bond donors (Lipinski definition) is 0. The van der Waals surface area contributed by atoms with Crippen LogP contribution in [0, 0.1) is 11.3 Å². The van der Waals surface area contributed by atoms with E-state index in [2.05, 4.69) is 0 Å². The summed E-state index contributed by atoms with van der Waals surface area (Å²) in [6, 6.07) is 0. The molecule has 0 aromatic heterocycles. The fourth-order valence-electron chi connectivity index (χ4n) is 1.14. The second-order valence-electron chi connectivity index (χ2n) is 4.07. The maximum atomic E-state index is 11.4. The van der Waals surface area contributed by atoms with Gasteiger partial charge in [-0.2, -0.15) is 0 Å². The largest absolute Gasteiger partial charge is 0.466 e. The van der Waals surface area contributed by atoms with E-state index >= 15 is 0 Å². The van der Waals surface area contributed by atoms with Gasteiger partial charge in [0.15, 0.2) is 0 Å². The van der Waals surface area contributed by atoms with Gasteiger partial charge in [-0.05, 0) is 12.3 Å². The first-order valence-electron chi connectivity index (χ1n) is 4.53. The minimum Gasteiger partial charge on any atom is -0.466 e.